The third kappa shape index (κ3) is 3.11. The smallest absolute Gasteiger partial charge is 0.274 e. The Hall–Kier alpha value is -3.02. The first-order valence-electron chi connectivity index (χ1n) is 7.07. The molecule has 0 aliphatic heterocycles. The van der Waals surface area contributed by atoms with Gasteiger partial charge in [-0.3, -0.25) is 9.78 Å². The molecule has 116 valence electrons. The van der Waals surface area contributed by atoms with Gasteiger partial charge in [0.2, 0.25) is 0 Å². The summed E-state index contributed by atoms with van der Waals surface area (Å²) in [6.45, 7) is 1.81. The largest absolute Gasteiger partial charge is 0.443 e. The van der Waals surface area contributed by atoms with Crippen molar-refractivity contribution in [2.75, 3.05) is 0 Å². The minimum absolute atomic E-state index is 0.0397. The fraction of sp³-hybridized carbons (Fsp3) is 0.118. The van der Waals surface area contributed by atoms with Crippen LogP contribution in [0, 0.1) is 5.82 Å². The number of amides is 1. The van der Waals surface area contributed by atoms with Gasteiger partial charge in [-0.05, 0) is 31.2 Å². The lowest BCUT2D eigenvalue weighted by Crippen LogP contribution is -2.27. The van der Waals surface area contributed by atoms with Gasteiger partial charge < -0.3 is 9.73 Å². The minimum atomic E-state index is -0.476. The van der Waals surface area contributed by atoms with E-state index in [2.05, 4.69) is 15.3 Å². The van der Waals surface area contributed by atoms with Crippen LogP contribution in [0.15, 0.2) is 59.5 Å². The first kappa shape index (κ1) is 14.9. The number of pyridine rings is 1. The molecule has 0 fully saturated rings. The normalized spacial score (nSPS) is 11.9. The van der Waals surface area contributed by atoms with E-state index in [0.717, 1.165) is 12.1 Å². The first-order valence-corrected chi connectivity index (χ1v) is 7.07. The monoisotopic (exact) mass is 311 g/mol. The Kier molecular flexibility index (Phi) is 4.14. The summed E-state index contributed by atoms with van der Waals surface area (Å²) >= 11 is 0. The fourth-order valence-corrected chi connectivity index (χ4v) is 2.22. The Balaban J connectivity index is 1.85. The fourth-order valence-electron chi connectivity index (χ4n) is 2.22. The van der Waals surface area contributed by atoms with E-state index in [9.17, 15) is 9.18 Å². The first-order chi connectivity index (χ1) is 11.2. The summed E-state index contributed by atoms with van der Waals surface area (Å²) in [5.74, 6) is -0.819. The van der Waals surface area contributed by atoms with Gasteiger partial charge in [0.25, 0.3) is 5.91 Å². The van der Waals surface area contributed by atoms with E-state index >= 15 is 0 Å². The van der Waals surface area contributed by atoms with Crippen LogP contribution in [-0.4, -0.2) is 15.9 Å². The summed E-state index contributed by atoms with van der Waals surface area (Å²) in [5, 5.41) is 2.78. The maximum atomic E-state index is 13.9. The molecule has 0 bridgehead atoms. The van der Waals surface area contributed by atoms with E-state index in [-0.39, 0.29) is 23.1 Å². The van der Waals surface area contributed by atoms with E-state index in [1.807, 2.05) is 19.1 Å². The Labute approximate surface area is 132 Å². The molecule has 2 aromatic heterocycles. The zero-order chi connectivity index (χ0) is 16.2. The lowest BCUT2D eigenvalue weighted by molar-refractivity contribution is 0.0935. The summed E-state index contributed by atoms with van der Waals surface area (Å²) in [7, 11) is 0. The van der Waals surface area contributed by atoms with E-state index < -0.39 is 11.7 Å². The molecule has 3 rings (SSSR count). The molecule has 0 radical (unpaired) electrons. The number of halogens is 1. The molecule has 1 amide bonds. The second-order valence-electron chi connectivity index (χ2n) is 4.96. The van der Waals surface area contributed by atoms with Gasteiger partial charge in [-0.15, -0.1) is 0 Å². The number of carbonyl (C=O) groups is 1. The van der Waals surface area contributed by atoms with Crippen molar-refractivity contribution in [1.82, 2.24) is 15.3 Å². The third-order valence-corrected chi connectivity index (χ3v) is 3.38. The molecule has 0 saturated heterocycles. The zero-order valence-corrected chi connectivity index (χ0v) is 12.4. The number of aromatic nitrogens is 2. The van der Waals surface area contributed by atoms with Gasteiger partial charge in [-0.1, -0.05) is 18.2 Å². The highest BCUT2D eigenvalue weighted by atomic mass is 19.1. The topological polar surface area (TPSA) is 68.0 Å². The molecule has 3 aromatic rings. The number of hydrogen-bond acceptors (Lipinski definition) is 4. The van der Waals surface area contributed by atoms with Crippen molar-refractivity contribution in [3.05, 3.63) is 72.3 Å². The molecule has 1 atom stereocenters. The van der Waals surface area contributed by atoms with Crippen LogP contribution in [0.2, 0.25) is 0 Å². The second-order valence-corrected chi connectivity index (χ2v) is 4.96. The Morgan fingerprint density at radius 1 is 1.17 bits per heavy atom. The van der Waals surface area contributed by atoms with E-state index in [1.165, 1.54) is 12.1 Å². The van der Waals surface area contributed by atoms with Crippen molar-refractivity contribution in [2.24, 2.45) is 0 Å². The van der Waals surface area contributed by atoms with Crippen LogP contribution in [0.25, 0.3) is 11.3 Å². The summed E-state index contributed by atoms with van der Waals surface area (Å²) in [6.07, 6.45) is 2.78. The van der Waals surface area contributed by atoms with Crippen molar-refractivity contribution in [2.45, 2.75) is 13.0 Å². The second kappa shape index (κ2) is 6.39. The molecule has 6 heteroatoms. The van der Waals surface area contributed by atoms with Gasteiger partial charge in [0.15, 0.2) is 17.8 Å². The zero-order valence-electron chi connectivity index (χ0n) is 12.4. The minimum Gasteiger partial charge on any atom is -0.443 e. The number of nitrogens with one attached hydrogen (secondary N) is 1. The quantitative estimate of drug-likeness (QED) is 0.802. The van der Waals surface area contributed by atoms with Gasteiger partial charge in [0.1, 0.15) is 5.82 Å². The molecule has 0 saturated carbocycles. The Morgan fingerprint density at radius 3 is 2.70 bits per heavy atom. The van der Waals surface area contributed by atoms with Crippen LogP contribution in [0.1, 0.15) is 29.1 Å². The highest BCUT2D eigenvalue weighted by Gasteiger charge is 2.22. The van der Waals surface area contributed by atoms with Crippen LogP contribution in [-0.2, 0) is 0 Å². The van der Waals surface area contributed by atoms with Crippen LogP contribution >= 0.6 is 0 Å². The van der Waals surface area contributed by atoms with Gasteiger partial charge >= 0.3 is 0 Å². The van der Waals surface area contributed by atoms with Crippen LogP contribution in [0.4, 0.5) is 4.39 Å². The number of oxazole rings is 1. The summed E-state index contributed by atoms with van der Waals surface area (Å²) in [5.41, 5.74) is 0.954. The standard InChI is InChI=1S/C17H14FN3O2/c1-11(14-8-4-5-9-19-14)21-17(22)15-16(23-10-20-15)12-6-2-3-7-13(12)18/h2-11H,1H3,(H,21,22)/t11-/m0/s1. The molecule has 0 aliphatic rings. The van der Waals surface area contributed by atoms with Gasteiger partial charge in [-0.25, -0.2) is 9.37 Å². The highest BCUT2D eigenvalue weighted by Crippen LogP contribution is 2.26. The SMILES string of the molecule is C[C@H](NC(=O)c1ncoc1-c1ccccc1F)c1ccccn1. The van der Waals surface area contributed by atoms with Crippen molar-refractivity contribution < 1.29 is 13.6 Å². The summed E-state index contributed by atoms with van der Waals surface area (Å²) in [6, 6.07) is 11.2. The van der Waals surface area contributed by atoms with Crippen molar-refractivity contribution in [1.29, 1.82) is 0 Å². The molecule has 1 N–H and O–H groups in total. The Bertz CT molecular complexity index is 817. The average molecular weight is 311 g/mol. The number of rotatable bonds is 4. The predicted molar refractivity (Wildman–Crippen MR) is 82.0 cm³/mol. The summed E-state index contributed by atoms with van der Waals surface area (Å²) in [4.78, 5) is 20.5. The van der Waals surface area contributed by atoms with Crippen molar-refractivity contribution in [3.8, 4) is 11.3 Å². The molecule has 0 spiro atoms. The van der Waals surface area contributed by atoms with Gasteiger partial charge in [-0.2, -0.15) is 0 Å². The number of nitrogens with zero attached hydrogens (tertiary/aromatic N) is 2. The maximum Gasteiger partial charge on any atom is 0.274 e. The molecule has 2 heterocycles. The number of benzene rings is 1. The van der Waals surface area contributed by atoms with Gasteiger partial charge in [0.05, 0.1) is 17.3 Å². The van der Waals surface area contributed by atoms with E-state index in [4.69, 9.17) is 4.42 Å². The number of carbonyl (C=O) groups excluding carboxylic acids is 1. The van der Waals surface area contributed by atoms with Crippen LogP contribution in [0.3, 0.4) is 0 Å². The van der Waals surface area contributed by atoms with Crippen LogP contribution < -0.4 is 5.32 Å². The van der Waals surface area contributed by atoms with E-state index in [1.54, 1.807) is 24.4 Å². The summed E-state index contributed by atoms with van der Waals surface area (Å²) < 4.78 is 19.1. The average Bonchev–Trinajstić information content (AvgIpc) is 3.05. The molecule has 23 heavy (non-hydrogen) atoms. The maximum absolute atomic E-state index is 13.9. The molecule has 1 aromatic carbocycles. The van der Waals surface area contributed by atoms with Crippen LogP contribution in [0.5, 0.6) is 0 Å². The predicted octanol–water partition coefficient (Wildman–Crippen LogP) is 3.37. The molecular formula is C17H14FN3O2. The molecule has 5 nitrogen and oxygen atoms in total. The van der Waals surface area contributed by atoms with Gasteiger partial charge in [0, 0.05) is 6.20 Å². The lowest BCUT2D eigenvalue weighted by atomic mass is 10.1. The molecule has 0 unspecified atom stereocenters. The lowest BCUT2D eigenvalue weighted by Gasteiger charge is -2.12. The molecular weight excluding hydrogens is 297 g/mol. The highest BCUT2D eigenvalue weighted by molar-refractivity contribution is 5.97. The molecule has 0 aliphatic carbocycles. The Morgan fingerprint density at radius 2 is 1.96 bits per heavy atom. The number of hydrogen-bond donors (Lipinski definition) is 1. The van der Waals surface area contributed by atoms with Crippen molar-refractivity contribution >= 4 is 5.91 Å². The third-order valence-electron chi connectivity index (χ3n) is 3.38. The van der Waals surface area contributed by atoms with Crippen molar-refractivity contribution in [3.63, 3.8) is 0 Å². The van der Waals surface area contributed by atoms with E-state index in [0.29, 0.717) is 0 Å².